The van der Waals surface area contributed by atoms with E-state index in [9.17, 15) is 4.79 Å². The van der Waals surface area contributed by atoms with Gasteiger partial charge in [0.1, 0.15) is 5.75 Å². The van der Waals surface area contributed by atoms with Gasteiger partial charge < -0.3 is 10.1 Å². The molecule has 1 N–H and O–H groups in total. The van der Waals surface area contributed by atoms with Crippen LogP contribution in [0.2, 0.25) is 0 Å². The van der Waals surface area contributed by atoms with Crippen LogP contribution in [-0.4, -0.2) is 12.0 Å². The van der Waals surface area contributed by atoms with Crippen molar-refractivity contribution < 1.29 is 9.53 Å². The Balaban J connectivity index is 1.80. The number of nitrogens with one attached hydrogen (secondary N) is 1. The predicted molar refractivity (Wildman–Crippen MR) is 98.5 cm³/mol. The van der Waals surface area contributed by atoms with Crippen molar-refractivity contribution in [2.45, 2.75) is 26.4 Å². The second-order valence-corrected chi connectivity index (χ2v) is 5.80. The summed E-state index contributed by atoms with van der Waals surface area (Å²) in [6, 6.07) is 21.6. The fourth-order valence-corrected chi connectivity index (χ4v) is 2.71. The molecule has 0 radical (unpaired) electrons. The number of rotatable bonds is 5. The maximum Gasteiger partial charge on any atom is 0.265 e. The molecule has 24 heavy (non-hydrogen) atoms. The van der Waals surface area contributed by atoms with E-state index in [-0.39, 0.29) is 5.91 Å². The number of amides is 1. The molecule has 0 bridgehead atoms. The molecule has 0 saturated heterocycles. The monoisotopic (exact) mass is 319 g/mol. The number of aryl methyl sites for hydroxylation is 1. The van der Waals surface area contributed by atoms with Gasteiger partial charge in [0, 0.05) is 11.1 Å². The quantitative estimate of drug-likeness (QED) is 0.723. The van der Waals surface area contributed by atoms with Crippen molar-refractivity contribution in [3.05, 3.63) is 72.3 Å². The Bertz CT molecular complexity index is 852. The third-order valence-corrected chi connectivity index (χ3v) is 4.07. The van der Waals surface area contributed by atoms with Crippen LogP contribution in [0.1, 0.15) is 18.9 Å². The van der Waals surface area contributed by atoms with Crippen molar-refractivity contribution in [3.63, 3.8) is 0 Å². The molecular formula is C21H21NO2. The highest BCUT2D eigenvalue weighted by Gasteiger charge is 2.19. The first-order chi connectivity index (χ1) is 11.7. The Labute approximate surface area is 142 Å². The maximum absolute atomic E-state index is 12.7. The van der Waals surface area contributed by atoms with E-state index in [0.29, 0.717) is 6.42 Å². The fraction of sp³-hybridized carbons (Fsp3) is 0.190. The lowest BCUT2D eigenvalue weighted by molar-refractivity contribution is -0.122. The summed E-state index contributed by atoms with van der Waals surface area (Å²) in [6.45, 7) is 3.93. The van der Waals surface area contributed by atoms with Crippen LogP contribution >= 0.6 is 0 Å². The number of fused-ring (bicyclic) bond motifs is 1. The van der Waals surface area contributed by atoms with Gasteiger partial charge in [-0.3, -0.25) is 4.79 Å². The van der Waals surface area contributed by atoms with Crippen LogP contribution in [0.4, 0.5) is 5.69 Å². The van der Waals surface area contributed by atoms with Gasteiger partial charge in [-0.2, -0.15) is 0 Å². The lowest BCUT2D eigenvalue weighted by atomic mass is 10.1. The van der Waals surface area contributed by atoms with E-state index in [0.717, 1.165) is 27.8 Å². The smallest absolute Gasteiger partial charge is 0.265 e. The van der Waals surface area contributed by atoms with E-state index in [1.165, 1.54) is 0 Å². The van der Waals surface area contributed by atoms with E-state index in [1.54, 1.807) is 0 Å². The number of para-hydroxylation sites is 1. The van der Waals surface area contributed by atoms with Crippen molar-refractivity contribution in [1.82, 2.24) is 0 Å². The third kappa shape index (κ3) is 3.40. The van der Waals surface area contributed by atoms with Crippen LogP contribution in [0.15, 0.2) is 66.7 Å². The summed E-state index contributed by atoms with van der Waals surface area (Å²) in [6.07, 6.45) is 0.0790. The molecule has 3 nitrogen and oxygen atoms in total. The molecule has 0 aromatic heterocycles. The van der Waals surface area contributed by atoms with E-state index >= 15 is 0 Å². The molecule has 3 rings (SSSR count). The third-order valence-electron chi connectivity index (χ3n) is 4.07. The van der Waals surface area contributed by atoms with Crippen molar-refractivity contribution in [1.29, 1.82) is 0 Å². The van der Waals surface area contributed by atoms with Crippen molar-refractivity contribution in [2.24, 2.45) is 0 Å². The molecule has 0 unspecified atom stereocenters. The average Bonchev–Trinajstić information content (AvgIpc) is 2.61. The van der Waals surface area contributed by atoms with E-state index in [1.807, 2.05) is 80.6 Å². The highest BCUT2D eigenvalue weighted by Crippen LogP contribution is 2.24. The normalized spacial score (nSPS) is 11.9. The topological polar surface area (TPSA) is 38.3 Å². The number of ether oxygens (including phenoxy) is 1. The number of benzene rings is 3. The molecule has 0 aliphatic heterocycles. The Morgan fingerprint density at radius 2 is 1.71 bits per heavy atom. The minimum Gasteiger partial charge on any atom is -0.480 e. The van der Waals surface area contributed by atoms with Crippen molar-refractivity contribution in [3.8, 4) is 5.75 Å². The fourth-order valence-electron chi connectivity index (χ4n) is 2.71. The molecule has 3 aromatic carbocycles. The zero-order valence-electron chi connectivity index (χ0n) is 14.0. The van der Waals surface area contributed by atoms with Gasteiger partial charge in [0.15, 0.2) is 6.10 Å². The van der Waals surface area contributed by atoms with E-state index < -0.39 is 6.10 Å². The summed E-state index contributed by atoms with van der Waals surface area (Å²) in [5.74, 6) is 0.620. The maximum atomic E-state index is 12.7. The van der Waals surface area contributed by atoms with Gasteiger partial charge in [0.2, 0.25) is 0 Å². The lowest BCUT2D eigenvalue weighted by Crippen LogP contribution is -2.32. The van der Waals surface area contributed by atoms with Gasteiger partial charge in [-0.25, -0.2) is 0 Å². The van der Waals surface area contributed by atoms with Gasteiger partial charge in [-0.1, -0.05) is 61.5 Å². The highest BCUT2D eigenvalue weighted by atomic mass is 16.5. The van der Waals surface area contributed by atoms with Crippen LogP contribution in [-0.2, 0) is 4.79 Å². The van der Waals surface area contributed by atoms with Crippen molar-refractivity contribution in [2.75, 3.05) is 5.32 Å². The first-order valence-electron chi connectivity index (χ1n) is 8.20. The van der Waals surface area contributed by atoms with Gasteiger partial charge in [0.25, 0.3) is 5.91 Å². The SMILES string of the molecule is CC[C@@H](Oc1ccccc1C)C(=O)Nc1cccc2ccccc12. The molecule has 0 heterocycles. The largest absolute Gasteiger partial charge is 0.480 e. The highest BCUT2D eigenvalue weighted by molar-refractivity contribution is 6.03. The molecule has 1 amide bonds. The van der Waals surface area contributed by atoms with Crippen LogP contribution in [0, 0.1) is 6.92 Å². The standard InChI is InChI=1S/C21H21NO2/c1-3-19(24-20-14-7-4-9-15(20)2)21(23)22-18-13-8-11-16-10-5-6-12-17(16)18/h4-14,19H,3H2,1-2H3,(H,22,23)/t19-/m1/s1. The minimum atomic E-state index is -0.523. The van der Waals surface area contributed by atoms with Crippen LogP contribution < -0.4 is 10.1 Å². The molecule has 0 fully saturated rings. The minimum absolute atomic E-state index is 0.128. The molecular weight excluding hydrogens is 298 g/mol. The zero-order chi connectivity index (χ0) is 16.9. The zero-order valence-corrected chi connectivity index (χ0v) is 14.0. The van der Waals surface area contributed by atoms with Gasteiger partial charge in [0.05, 0.1) is 0 Å². The molecule has 0 aliphatic carbocycles. The van der Waals surface area contributed by atoms with Crippen LogP contribution in [0.25, 0.3) is 10.8 Å². The summed E-state index contributed by atoms with van der Waals surface area (Å²) in [4.78, 5) is 12.7. The Kier molecular flexibility index (Phi) is 4.80. The van der Waals surface area contributed by atoms with Crippen LogP contribution in [0.5, 0.6) is 5.75 Å². The van der Waals surface area contributed by atoms with E-state index in [2.05, 4.69) is 5.32 Å². The molecule has 0 saturated carbocycles. The molecule has 0 spiro atoms. The van der Waals surface area contributed by atoms with Gasteiger partial charge >= 0.3 is 0 Å². The predicted octanol–water partition coefficient (Wildman–Crippen LogP) is 4.94. The molecule has 3 aromatic rings. The summed E-state index contributed by atoms with van der Waals surface area (Å²) in [7, 11) is 0. The first kappa shape index (κ1) is 16.1. The summed E-state index contributed by atoms with van der Waals surface area (Å²) < 4.78 is 5.93. The molecule has 122 valence electrons. The molecule has 0 aliphatic rings. The number of carbonyl (C=O) groups is 1. The summed E-state index contributed by atoms with van der Waals surface area (Å²) >= 11 is 0. The van der Waals surface area contributed by atoms with Gasteiger partial charge in [-0.05, 0) is 36.4 Å². The summed E-state index contributed by atoms with van der Waals surface area (Å²) in [5, 5.41) is 5.14. The number of hydrogen-bond donors (Lipinski definition) is 1. The lowest BCUT2D eigenvalue weighted by Gasteiger charge is -2.19. The Morgan fingerprint density at radius 1 is 1.00 bits per heavy atom. The summed E-state index contributed by atoms with van der Waals surface area (Å²) in [5.41, 5.74) is 1.83. The van der Waals surface area contributed by atoms with Gasteiger partial charge in [-0.15, -0.1) is 0 Å². The second kappa shape index (κ2) is 7.18. The molecule has 3 heteroatoms. The van der Waals surface area contributed by atoms with Crippen molar-refractivity contribution >= 4 is 22.4 Å². The van der Waals surface area contributed by atoms with Crippen LogP contribution in [0.3, 0.4) is 0 Å². The van der Waals surface area contributed by atoms with E-state index in [4.69, 9.17) is 4.74 Å². The Hall–Kier alpha value is -2.81. The first-order valence-corrected chi connectivity index (χ1v) is 8.20. The Morgan fingerprint density at radius 3 is 2.50 bits per heavy atom. The second-order valence-electron chi connectivity index (χ2n) is 5.80. The average molecular weight is 319 g/mol. The number of hydrogen-bond acceptors (Lipinski definition) is 2. The number of carbonyl (C=O) groups excluding carboxylic acids is 1. The number of anilines is 1. The molecule has 1 atom stereocenters.